The second-order valence-electron chi connectivity index (χ2n) is 6.38. The summed E-state index contributed by atoms with van der Waals surface area (Å²) in [5.74, 6) is 0.755. The molecular weight excluding hydrogens is 390 g/mol. The Morgan fingerprint density at radius 1 is 1.21 bits per heavy atom. The van der Waals surface area contributed by atoms with Gasteiger partial charge in [-0.2, -0.15) is 0 Å². The maximum absolute atomic E-state index is 12.5. The van der Waals surface area contributed by atoms with Crippen LogP contribution in [0.4, 0.5) is 4.79 Å². The van der Waals surface area contributed by atoms with Gasteiger partial charge in [0.1, 0.15) is 0 Å². The number of ether oxygens (including phenoxy) is 1. The van der Waals surface area contributed by atoms with Crippen LogP contribution in [-0.2, 0) is 16.1 Å². The third-order valence-electron chi connectivity index (χ3n) is 4.56. The molecule has 2 heterocycles. The van der Waals surface area contributed by atoms with Crippen LogP contribution in [0.2, 0.25) is 0 Å². The summed E-state index contributed by atoms with van der Waals surface area (Å²) >= 11 is 1.43. The number of esters is 1. The Bertz CT molecular complexity index is 910. The first-order valence-corrected chi connectivity index (χ1v) is 10.7. The lowest BCUT2D eigenvalue weighted by atomic mass is 10.0. The number of hydrogen-bond acceptors (Lipinski definition) is 6. The van der Waals surface area contributed by atoms with Crippen molar-refractivity contribution in [1.82, 2.24) is 25.4 Å². The Hall–Kier alpha value is -2.81. The van der Waals surface area contributed by atoms with E-state index in [1.807, 2.05) is 48.7 Å². The standard InChI is InChI=1S/C20H25N5O3S/c1-4-14-16(18(26)28-6-3)15(22-19(27)21-14)12-29-20-24-23-17(25(20)5-2)13-10-8-7-9-11-13/h7-11,14H,4-6,12H2,1-3H3,(H2,21,22,27). The highest BCUT2D eigenvalue weighted by Gasteiger charge is 2.31. The van der Waals surface area contributed by atoms with Gasteiger partial charge < -0.3 is 19.9 Å². The molecule has 0 saturated heterocycles. The van der Waals surface area contributed by atoms with Crippen molar-refractivity contribution in [2.75, 3.05) is 12.4 Å². The zero-order chi connectivity index (χ0) is 20.8. The molecule has 0 fully saturated rings. The quantitative estimate of drug-likeness (QED) is 0.508. The van der Waals surface area contributed by atoms with Gasteiger partial charge in [-0.05, 0) is 20.3 Å². The number of thioether (sulfide) groups is 1. The molecule has 9 heteroatoms. The third kappa shape index (κ3) is 4.61. The second kappa shape index (κ2) is 9.60. The smallest absolute Gasteiger partial charge is 0.337 e. The van der Waals surface area contributed by atoms with E-state index in [1.165, 1.54) is 11.8 Å². The lowest BCUT2D eigenvalue weighted by molar-refractivity contribution is -0.139. The zero-order valence-corrected chi connectivity index (χ0v) is 17.6. The molecule has 1 aliphatic rings. The van der Waals surface area contributed by atoms with Gasteiger partial charge in [0.15, 0.2) is 11.0 Å². The minimum atomic E-state index is -0.413. The van der Waals surface area contributed by atoms with Gasteiger partial charge in [-0.3, -0.25) is 0 Å². The maximum atomic E-state index is 12.5. The normalized spacial score (nSPS) is 16.4. The molecule has 1 aromatic carbocycles. The summed E-state index contributed by atoms with van der Waals surface area (Å²) in [6.07, 6.45) is 0.596. The average Bonchev–Trinajstić information content (AvgIpc) is 3.15. The van der Waals surface area contributed by atoms with Gasteiger partial charge in [0.05, 0.1) is 18.2 Å². The topological polar surface area (TPSA) is 98.1 Å². The van der Waals surface area contributed by atoms with Crippen molar-refractivity contribution >= 4 is 23.8 Å². The summed E-state index contributed by atoms with van der Waals surface area (Å²) in [5, 5.41) is 14.9. The number of urea groups is 1. The van der Waals surface area contributed by atoms with Crippen LogP contribution in [-0.4, -0.2) is 45.2 Å². The first-order valence-electron chi connectivity index (χ1n) is 9.68. The minimum Gasteiger partial charge on any atom is -0.463 e. The highest BCUT2D eigenvalue weighted by molar-refractivity contribution is 7.99. The molecule has 1 aromatic heterocycles. The molecule has 0 spiro atoms. The lowest BCUT2D eigenvalue weighted by Gasteiger charge is -2.28. The minimum absolute atomic E-state index is 0.276. The first kappa shape index (κ1) is 20.9. The van der Waals surface area contributed by atoms with Crippen molar-refractivity contribution in [3.8, 4) is 11.4 Å². The van der Waals surface area contributed by atoms with Crippen LogP contribution in [0, 0.1) is 0 Å². The highest BCUT2D eigenvalue weighted by Crippen LogP contribution is 2.27. The number of carbonyl (C=O) groups is 2. The van der Waals surface area contributed by atoms with Crippen molar-refractivity contribution < 1.29 is 14.3 Å². The Labute approximate surface area is 174 Å². The van der Waals surface area contributed by atoms with Crippen LogP contribution in [0.1, 0.15) is 27.2 Å². The fourth-order valence-electron chi connectivity index (χ4n) is 3.19. The summed E-state index contributed by atoms with van der Waals surface area (Å²) in [6.45, 7) is 6.69. The Morgan fingerprint density at radius 2 is 1.97 bits per heavy atom. The molecule has 1 unspecified atom stereocenters. The number of nitrogens with zero attached hydrogens (tertiary/aromatic N) is 3. The summed E-state index contributed by atoms with van der Waals surface area (Å²) in [7, 11) is 0. The van der Waals surface area contributed by atoms with Gasteiger partial charge in [-0.15, -0.1) is 10.2 Å². The molecule has 154 valence electrons. The molecule has 0 aliphatic carbocycles. The highest BCUT2D eigenvalue weighted by atomic mass is 32.2. The summed E-state index contributed by atoms with van der Waals surface area (Å²) in [4.78, 5) is 24.5. The van der Waals surface area contributed by atoms with Crippen LogP contribution in [0.15, 0.2) is 46.8 Å². The van der Waals surface area contributed by atoms with Gasteiger partial charge in [0.25, 0.3) is 0 Å². The number of rotatable bonds is 8. The molecule has 2 N–H and O–H groups in total. The molecule has 2 amide bonds. The van der Waals surface area contributed by atoms with Crippen molar-refractivity contribution in [2.24, 2.45) is 0 Å². The predicted molar refractivity (Wildman–Crippen MR) is 111 cm³/mol. The number of benzene rings is 1. The molecule has 1 atom stereocenters. The van der Waals surface area contributed by atoms with Gasteiger partial charge in [0, 0.05) is 23.6 Å². The molecule has 0 radical (unpaired) electrons. The predicted octanol–water partition coefficient (Wildman–Crippen LogP) is 2.97. The second-order valence-corrected chi connectivity index (χ2v) is 7.32. The lowest BCUT2D eigenvalue weighted by Crippen LogP contribution is -2.50. The number of aromatic nitrogens is 3. The van der Waals surface area contributed by atoms with E-state index in [4.69, 9.17) is 4.74 Å². The summed E-state index contributed by atoms with van der Waals surface area (Å²) in [6, 6.07) is 9.17. The van der Waals surface area contributed by atoms with E-state index in [2.05, 4.69) is 20.8 Å². The van der Waals surface area contributed by atoms with Crippen molar-refractivity contribution in [3.05, 3.63) is 41.6 Å². The number of hydrogen-bond donors (Lipinski definition) is 2. The SMILES string of the molecule is CCOC(=O)C1=C(CSc2nnc(-c3ccccc3)n2CC)NC(=O)NC1CC. The first-order chi connectivity index (χ1) is 14.1. The summed E-state index contributed by atoms with van der Waals surface area (Å²) in [5.41, 5.74) is 2.00. The number of nitrogens with one attached hydrogen (secondary N) is 2. The van der Waals surface area contributed by atoms with E-state index in [0.717, 1.165) is 16.5 Å². The molecule has 0 bridgehead atoms. The van der Waals surface area contributed by atoms with Crippen molar-refractivity contribution in [2.45, 2.75) is 44.9 Å². The van der Waals surface area contributed by atoms with Gasteiger partial charge in [0.2, 0.25) is 0 Å². The Kier molecular flexibility index (Phi) is 6.92. The van der Waals surface area contributed by atoms with E-state index in [0.29, 0.717) is 30.0 Å². The van der Waals surface area contributed by atoms with E-state index >= 15 is 0 Å². The van der Waals surface area contributed by atoms with E-state index in [9.17, 15) is 9.59 Å². The van der Waals surface area contributed by atoms with Gasteiger partial charge >= 0.3 is 12.0 Å². The Balaban J connectivity index is 1.87. The van der Waals surface area contributed by atoms with Gasteiger partial charge in [-0.25, -0.2) is 9.59 Å². The fraction of sp³-hybridized carbons (Fsp3) is 0.400. The van der Waals surface area contributed by atoms with Crippen LogP contribution >= 0.6 is 11.8 Å². The van der Waals surface area contributed by atoms with E-state index in [-0.39, 0.29) is 18.7 Å². The average molecular weight is 416 g/mol. The molecule has 8 nitrogen and oxygen atoms in total. The largest absolute Gasteiger partial charge is 0.463 e. The molecule has 1 aliphatic heterocycles. The zero-order valence-electron chi connectivity index (χ0n) is 16.8. The van der Waals surface area contributed by atoms with Crippen LogP contribution < -0.4 is 10.6 Å². The molecule has 2 aromatic rings. The van der Waals surface area contributed by atoms with E-state index in [1.54, 1.807) is 6.92 Å². The number of amides is 2. The maximum Gasteiger partial charge on any atom is 0.337 e. The van der Waals surface area contributed by atoms with Crippen LogP contribution in [0.5, 0.6) is 0 Å². The molecule has 0 saturated carbocycles. The van der Waals surface area contributed by atoms with Crippen LogP contribution in [0.25, 0.3) is 11.4 Å². The van der Waals surface area contributed by atoms with Crippen molar-refractivity contribution in [3.63, 3.8) is 0 Å². The molecular formula is C20H25N5O3S. The van der Waals surface area contributed by atoms with Gasteiger partial charge in [-0.1, -0.05) is 49.0 Å². The van der Waals surface area contributed by atoms with Crippen molar-refractivity contribution in [1.29, 1.82) is 0 Å². The van der Waals surface area contributed by atoms with Crippen LogP contribution in [0.3, 0.4) is 0 Å². The molecule has 29 heavy (non-hydrogen) atoms. The Morgan fingerprint density at radius 3 is 2.62 bits per heavy atom. The van der Waals surface area contributed by atoms with E-state index < -0.39 is 5.97 Å². The summed E-state index contributed by atoms with van der Waals surface area (Å²) < 4.78 is 7.23. The number of carbonyl (C=O) groups excluding carboxylic acids is 2. The third-order valence-corrected chi connectivity index (χ3v) is 5.55. The monoisotopic (exact) mass is 415 g/mol. The molecule has 3 rings (SSSR count). The fourth-order valence-corrected chi connectivity index (χ4v) is 4.16.